The van der Waals surface area contributed by atoms with Crippen LogP contribution in [-0.4, -0.2) is 11.6 Å². The van der Waals surface area contributed by atoms with E-state index < -0.39 is 0 Å². The van der Waals surface area contributed by atoms with Crippen LogP contribution >= 0.6 is 0 Å². The Morgan fingerprint density at radius 2 is 2.08 bits per heavy atom. The van der Waals surface area contributed by atoms with E-state index in [4.69, 9.17) is 0 Å². The van der Waals surface area contributed by atoms with Crippen LogP contribution in [0.3, 0.4) is 0 Å². The third-order valence-corrected chi connectivity index (χ3v) is 3.70. The lowest BCUT2D eigenvalue weighted by molar-refractivity contribution is -0.131. The molecule has 0 aromatic rings. The topological polar surface area (TPSA) is 34.1 Å². The summed E-state index contributed by atoms with van der Waals surface area (Å²) in [5, 5.41) is 0. The van der Waals surface area contributed by atoms with Gasteiger partial charge in [-0.3, -0.25) is 9.59 Å². The van der Waals surface area contributed by atoms with Crippen molar-refractivity contribution < 1.29 is 9.59 Å². The number of hydrogen-bond donors (Lipinski definition) is 0. The Bertz CT molecular complexity index is 265. The summed E-state index contributed by atoms with van der Waals surface area (Å²) in [6, 6.07) is 0. The number of fused-ring (bicyclic) bond motifs is 1. The van der Waals surface area contributed by atoms with E-state index in [0.717, 1.165) is 0 Å². The largest absolute Gasteiger partial charge is 0.299 e. The Morgan fingerprint density at radius 3 is 2.42 bits per heavy atom. The minimum atomic E-state index is -0.259. The molecular formula is C10H14O2. The molecule has 2 saturated carbocycles. The molecule has 0 heterocycles. The van der Waals surface area contributed by atoms with E-state index in [0.29, 0.717) is 18.3 Å². The summed E-state index contributed by atoms with van der Waals surface area (Å²) in [4.78, 5) is 22.5. The van der Waals surface area contributed by atoms with Crippen LogP contribution in [0.2, 0.25) is 0 Å². The lowest BCUT2D eigenvalue weighted by Crippen LogP contribution is -2.23. The second kappa shape index (κ2) is 1.98. The number of hydrogen-bond acceptors (Lipinski definition) is 2. The van der Waals surface area contributed by atoms with Crippen LogP contribution < -0.4 is 0 Å². The van der Waals surface area contributed by atoms with E-state index in [-0.39, 0.29) is 22.9 Å². The highest BCUT2D eigenvalue weighted by atomic mass is 16.2. The van der Waals surface area contributed by atoms with Crippen molar-refractivity contribution in [2.75, 3.05) is 0 Å². The summed E-state index contributed by atoms with van der Waals surface area (Å²) < 4.78 is 0. The van der Waals surface area contributed by atoms with E-state index >= 15 is 0 Å². The summed E-state index contributed by atoms with van der Waals surface area (Å²) in [6.07, 6.45) is 0.641. The van der Waals surface area contributed by atoms with Crippen molar-refractivity contribution in [3.63, 3.8) is 0 Å². The predicted molar refractivity (Wildman–Crippen MR) is 44.6 cm³/mol. The van der Waals surface area contributed by atoms with Crippen molar-refractivity contribution in [3.05, 3.63) is 0 Å². The first-order valence-corrected chi connectivity index (χ1v) is 4.49. The number of carbonyl (C=O) groups excluding carboxylic acids is 2. The quantitative estimate of drug-likeness (QED) is 0.552. The smallest absolute Gasteiger partial charge is 0.143 e. The fourth-order valence-electron chi connectivity index (χ4n) is 2.86. The van der Waals surface area contributed by atoms with Crippen molar-refractivity contribution in [1.29, 1.82) is 0 Å². The first-order chi connectivity index (χ1) is 5.46. The molecule has 2 aliphatic rings. The van der Waals surface area contributed by atoms with E-state index in [1.165, 1.54) is 0 Å². The zero-order chi connectivity index (χ0) is 9.09. The van der Waals surface area contributed by atoms with Crippen LogP contribution in [0.25, 0.3) is 0 Å². The zero-order valence-corrected chi connectivity index (χ0v) is 7.76. The fraction of sp³-hybridized carbons (Fsp3) is 0.800. The van der Waals surface area contributed by atoms with E-state index in [9.17, 15) is 9.59 Å². The summed E-state index contributed by atoms with van der Waals surface area (Å²) in [5.41, 5.74) is 0.254. The van der Waals surface area contributed by atoms with Gasteiger partial charge in [-0.25, -0.2) is 0 Å². The molecule has 2 nitrogen and oxygen atoms in total. The molecule has 2 fully saturated rings. The minimum absolute atomic E-state index is 0.0677. The maximum Gasteiger partial charge on any atom is 0.143 e. The SMILES string of the molecule is CC(=O)C1C(=O)C[C@@H]2[C@H]1C2(C)C. The molecule has 12 heavy (non-hydrogen) atoms. The van der Waals surface area contributed by atoms with Gasteiger partial charge in [-0.15, -0.1) is 0 Å². The first kappa shape index (κ1) is 7.96. The molecule has 0 aromatic heterocycles. The molecule has 2 rings (SSSR count). The summed E-state index contributed by atoms with van der Waals surface area (Å²) in [5.74, 6) is 0.848. The van der Waals surface area contributed by atoms with Crippen LogP contribution in [0.1, 0.15) is 27.2 Å². The summed E-state index contributed by atoms with van der Waals surface area (Å²) in [6.45, 7) is 5.86. The highest BCUT2D eigenvalue weighted by Gasteiger charge is 2.68. The molecule has 0 aromatic carbocycles. The van der Waals surface area contributed by atoms with Crippen LogP contribution in [0.4, 0.5) is 0 Å². The van der Waals surface area contributed by atoms with Crippen molar-refractivity contribution in [2.24, 2.45) is 23.2 Å². The Hall–Kier alpha value is -0.660. The third kappa shape index (κ3) is 0.755. The second-order valence-corrected chi connectivity index (χ2v) is 4.71. The Morgan fingerprint density at radius 1 is 1.50 bits per heavy atom. The Kier molecular flexibility index (Phi) is 1.31. The molecule has 2 heteroatoms. The number of rotatable bonds is 1. The lowest BCUT2D eigenvalue weighted by atomic mass is 9.89. The van der Waals surface area contributed by atoms with Gasteiger partial charge in [-0.05, 0) is 24.2 Å². The molecule has 1 unspecified atom stereocenters. The van der Waals surface area contributed by atoms with Gasteiger partial charge >= 0.3 is 0 Å². The van der Waals surface area contributed by atoms with Gasteiger partial charge in [0.25, 0.3) is 0 Å². The molecule has 66 valence electrons. The van der Waals surface area contributed by atoms with E-state index in [1.807, 2.05) is 0 Å². The van der Waals surface area contributed by atoms with Crippen molar-refractivity contribution in [1.82, 2.24) is 0 Å². The average molecular weight is 166 g/mol. The molecule has 0 amide bonds. The van der Waals surface area contributed by atoms with Crippen molar-refractivity contribution >= 4 is 11.6 Å². The normalized spacial score (nSPS) is 42.6. The standard InChI is InChI=1S/C10H14O2/c1-5(11)8-7(12)4-6-9(8)10(6,2)3/h6,8-9H,4H2,1-3H3/t6-,8?,9-/m1/s1. The fourth-order valence-corrected chi connectivity index (χ4v) is 2.86. The first-order valence-electron chi connectivity index (χ1n) is 4.49. The third-order valence-electron chi connectivity index (χ3n) is 3.70. The molecule has 0 bridgehead atoms. The van der Waals surface area contributed by atoms with Crippen molar-refractivity contribution in [3.8, 4) is 0 Å². The van der Waals surface area contributed by atoms with Crippen LogP contribution in [-0.2, 0) is 9.59 Å². The lowest BCUT2D eigenvalue weighted by Gasteiger charge is -2.12. The van der Waals surface area contributed by atoms with E-state index in [1.54, 1.807) is 6.92 Å². The van der Waals surface area contributed by atoms with E-state index in [2.05, 4.69) is 13.8 Å². The van der Waals surface area contributed by atoms with Gasteiger partial charge in [0, 0.05) is 6.42 Å². The van der Waals surface area contributed by atoms with Gasteiger partial charge in [-0.1, -0.05) is 13.8 Å². The molecule has 0 radical (unpaired) electrons. The number of carbonyl (C=O) groups is 2. The predicted octanol–water partition coefficient (Wildman–Crippen LogP) is 1.44. The van der Waals surface area contributed by atoms with Gasteiger partial charge in [0.15, 0.2) is 0 Å². The molecule has 0 saturated heterocycles. The molecular weight excluding hydrogens is 152 g/mol. The molecule has 0 spiro atoms. The summed E-state index contributed by atoms with van der Waals surface area (Å²) in [7, 11) is 0. The zero-order valence-electron chi connectivity index (χ0n) is 7.76. The molecule has 2 aliphatic carbocycles. The Balaban J connectivity index is 2.24. The van der Waals surface area contributed by atoms with Crippen molar-refractivity contribution in [2.45, 2.75) is 27.2 Å². The highest BCUT2D eigenvalue weighted by molar-refractivity contribution is 6.04. The maximum absolute atomic E-state index is 11.3. The Labute approximate surface area is 72.3 Å². The number of ketones is 2. The van der Waals surface area contributed by atoms with Gasteiger partial charge in [0.1, 0.15) is 11.6 Å². The van der Waals surface area contributed by atoms with Gasteiger partial charge in [0.05, 0.1) is 5.92 Å². The minimum Gasteiger partial charge on any atom is -0.299 e. The molecule has 0 aliphatic heterocycles. The molecule has 0 N–H and O–H groups in total. The molecule has 3 atom stereocenters. The van der Waals surface area contributed by atoms with Gasteiger partial charge in [-0.2, -0.15) is 0 Å². The monoisotopic (exact) mass is 166 g/mol. The van der Waals surface area contributed by atoms with Gasteiger partial charge < -0.3 is 0 Å². The highest BCUT2D eigenvalue weighted by Crippen LogP contribution is 2.67. The second-order valence-electron chi connectivity index (χ2n) is 4.71. The van der Waals surface area contributed by atoms with Crippen LogP contribution in [0.15, 0.2) is 0 Å². The van der Waals surface area contributed by atoms with Gasteiger partial charge in [0.2, 0.25) is 0 Å². The van der Waals surface area contributed by atoms with Crippen LogP contribution in [0.5, 0.6) is 0 Å². The number of Topliss-reactive ketones (excluding diaryl/α,β-unsaturated/α-hetero) is 2. The maximum atomic E-state index is 11.3. The van der Waals surface area contributed by atoms with Crippen LogP contribution in [0, 0.1) is 23.2 Å². The average Bonchev–Trinajstić information content (AvgIpc) is 2.40. The summed E-state index contributed by atoms with van der Waals surface area (Å²) >= 11 is 0.